The van der Waals surface area contributed by atoms with Crippen LogP contribution in [0.4, 0.5) is 0 Å². The quantitative estimate of drug-likeness (QED) is 0.207. The molecule has 0 aromatic heterocycles. The Balaban J connectivity index is 0.995. The van der Waals surface area contributed by atoms with Crippen LogP contribution >= 0.6 is 22.6 Å². The Kier molecular flexibility index (Phi) is 0.697. The summed E-state index contributed by atoms with van der Waals surface area (Å²) in [5.41, 5.74) is 3.42. The van der Waals surface area contributed by atoms with E-state index in [2.05, 4.69) is 76.6 Å². The molecule has 10 heterocycles. The third kappa shape index (κ3) is 0.237. The van der Waals surface area contributed by atoms with Crippen molar-refractivity contribution < 1.29 is 6.51 Å². The number of rotatable bonds is 0. The second kappa shape index (κ2) is 1.56. The van der Waals surface area contributed by atoms with E-state index in [0.717, 1.165) is 11.1 Å². The predicted molar refractivity (Wildman–Crippen MR) is 115 cm³/mol. The molecule has 2 aromatic rings. The van der Waals surface area contributed by atoms with Gasteiger partial charge in [0, 0.05) is 0 Å². The molecule has 0 N–H and O–H groups in total. The molecular weight excluding hydrogens is 495 g/mol. The molecule has 28 heavy (non-hydrogen) atoms. The van der Waals surface area contributed by atoms with Gasteiger partial charge in [-0.1, -0.05) is 6.07 Å². The molecule has 0 aliphatic carbocycles. The predicted octanol–water partition coefficient (Wildman–Crippen LogP) is 6.80. The van der Waals surface area contributed by atoms with Gasteiger partial charge in [0.05, 0.1) is 0 Å². The SMILES string of the molecule is Ic1cc(C#Cc2ccccc2)ccc1C#C[C]12[CH]3[CH]4[CH]5[CH]1[Fe]45321678[CH]2[CH]1[CH]6[CH]7[CH]28. The van der Waals surface area contributed by atoms with Crippen LogP contribution in [0, 0.1) is 27.3 Å². The summed E-state index contributed by atoms with van der Waals surface area (Å²) in [6.45, 7) is -3.03. The molecule has 0 nitrogen and oxygen atoms in total. The zero-order chi connectivity index (χ0) is 17.8. The monoisotopic (exact) mass is 512 g/mol. The van der Waals surface area contributed by atoms with Gasteiger partial charge in [-0.15, -0.1) is 0 Å². The Morgan fingerprint density at radius 3 is 1.89 bits per heavy atom. The summed E-state index contributed by atoms with van der Waals surface area (Å²) in [7, 11) is 0. The van der Waals surface area contributed by atoms with Crippen LogP contribution in [0.1, 0.15) is 16.7 Å². The third-order valence-corrected chi connectivity index (χ3v) is 60.2. The van der Waals surface area contributed by atoms with Crippen molar-refractivity contribution >= 4 is 22.6 Å². The zero-order valence-electron chi connectivity index (χ0n) is 15.0. The number of hydrogen-bond donors (Lipinski definition) is 0. The Bertz CT molecular complexity index is 1690. The van der Waals surface area contributed by atoms with E-state index >= 15 is 0 Å². The summed E-state index contributed by atoms with van der Waals surface area (Å²) in [5, 5.41) is 0. The van der Waals surface area contributed by atoms with Gasteiger partial charge in [0.2, 0.25) is 0 Å². The Labute approximate surface area is 168 Å². The van der Waals surface area contributed by atoms with Gasteiger partial charge in [0.15, 0.2) is 0 Å². The van der Waals surface area contributed by atoms with Crippen molar-refractivity contribution in [1.82, 2.24) is 0 Å². The maximum atomic E-state index is 4.11. The molecule has 0 amide bonds. The number of fused-ring (bicyclic) bond motifs is 10. The Hall–Kier alpha value is -1.19. The van der Waals surface area contributed by atoms with Gasteiger partial charge < -0.3 is 0 Å². The molecule has 0 bridgehead atoms. The van der Waals surface area contributed by atoms with Gasteiger partial charge in [-0.25, -0.2) is 0 Å². The van der Waals surface area contributed by atoms with Crippen molar-refractivity contribution in [2.75, 3.05) is 0 Å². The van der Waals surface area contributed by atoms with Crippen LogP contribution in [0.15, 0.2) is 48.5 Å². The van der Waals surface area contributed by atoms with Gasteiger partial charge in [-0.2, -0.15) is 0 Å². The van der Waals surface area contributed by atoms with Gasteiger partial charge in [0.25, 0.3) is 0 Å². The first kappa shape index (κ1) is 12.5. The molecular formula is C26H17FeI. The van der Waals surface area contributed by atoms with E-state index in [1.165, 1.54) is 52.5 Å². The Morgan fingerprint density at radius 1 is 0.714 bits per heavy atom. The van der Waals surface area contributed by atoms with Crippen LogP contribution in [-0.2, 0) is 6.51 Å². The summed E-state index contributed by atoms with van der Waals surface area (Å²) >= 11 is 2.47. The van der Waals surface area contributed by atoms with Crippen LogP contribution in [0.5, 0.6) is 0 Å². The molecule has 12 rings (SSSR count). The Morgan fingerprint density at radius 2 is 1.36 bits per heavy atom. The van der Waals surface area contributed by atoms with E-state index in [1.807, 2.05) is 18.2 Å². The van der Waals surface area contributed by atoms with Crippen LogP contribution in [-0.4, -0.2) is 0 Å². The molecule has 10 saturated heterocycles. The van der Waals surface area contributed by atoms with E-state index in [9.17, 15) is 0 Å². The van der Waals surface area contributed by atoms with E-state index in [4.69, 9.17) is 0 Å². The van der Waals surface area contributed by atoms with Gasteiger partial charge in [-0.05, 0) is 0 Å². The molecule has 10 aliphatic heterocycles. The average molecular weight is 512 g/mol. The van der Waals surface area contributed by atoms with Gasteiger partial charge in [0.1, 0.15) is 0 Å². The second-order valence-corrected chi connectivity index (χ2v) is 38.0. The van der Waals surface area contributed by atoms with Crippen LogP contribution in [0.2, 0.25) is 47.7 Å². The summed E-state index contributed by atoms with van der Waals surface area (Å²) in [4.78, 5) is 12.2. The first-order valence-electron chi connectivity index (χ1n) is 10.6. The van der Waals surface area contributed by atoms with Crippen molar-refractivity contribution in [3.63, 3.8) is 0 Å². The van der Waals surface area contributed by atoms with Crippen molar-refractivity contribution in [1.29, 1.82) is 0 Å². The first-order chi connectivity index (χ1) is 13.5. The molecule has 136 valence electrons. The number of halogens is 1. The molecule has 4 atom stereocenters. The van der Waals surface area contributed by atoms with Gasteiger partial charge >= 0.3 is 163 Å². The summed E-state index contributed by atoms with van der Waals surface area (Å²) in [6, 6.07) is 16.9. The fourth-order valence-electron chi connectivity index (χ4n) is 18.0. The molecule has 4 unspecified atom stereocenters. The standard InChI is InChI=1S/C21H12I.C5H5.Fe/c22-21-16-19(11-10-17-6-2-1-3-7-17)13-15-20(21)14-12-18-8-4-5-9-18;1-2-4-5-3-1;/h1-9,13,15-16H;1-5H;. The van der Waals surface area contributed by atoms with Crippen molar-refractivity contribution in [2.45, 2.75) is 47.7 Å². The van der Waals surface area contributed by atoms with Crippen molar-refractivity contribution in [2.24, 2.45) is 0 Å². The van der Waals surface area contributed by atoms with Crippen LogP contribution in [0.3, 0.4) is 0 Å². The molecule has 0 radical (unpaired) electrons. The second-order valence-electron chi connectivity index (χ2n) is 13.2. The van der Waals surface area contributed by atoms with E-state index in [-0.39, 0.29) is 0 Å². The zero-order valence-corrected chi connectivity index (χ0v) is 18.3. The summed E-state index contributed by atoms with van der Waals surface area (Å²) in [6.07, 6.45) is 0. The van der Waals surface area contributed by atoms with E-state index in [0.29, 0.717) is 4.31 Å². The topological polar surface area (TPSA) is 0 Å². The summed E-state index contributed by atoms with van der Waals surface area (Å²) < 4.78 is 1.99. The van der Waals surface area contributed by atoms with Gasteiger partial charge in [-0.3, -0.25) is 0 Å². The van der Waals surface area contributed by atoms with E-state index in [1.54, 1.807) is 0 Å². The first-order valence-corrected chi connectivity index (χ1v) is 18.0. The molecule has 10 aliphatic rings. The molecule has 10 fully saturated rings. The number of hydrogen-bond acceptors (Lipinski definition) is 0. The molecule has 1 spiro atoms. The fourth-order valence-corrected chi connectivity index (χ4v) is 91.7. The average Bonchev–Trinajstić information content (AvgIpc) is 3.66. The maximum absolute atomic E-state index is 4.11. The van der Waals surface area contributed by atoms with Crippen LogP contribution < -0.4 is 0 Å². The molecule has 2 aromatic carbocycles. The summed E-state index contributed by atoms with van der Waals surface area (Å²) in [5.74, 6) is 14.5. The minimum absolute atomic E-state index is 0.716. The fraction of sp³-hybridized carbons (Fsp3) is 0.385. The van der Waals surface area contributed by atoms with Crippen molar-refractivity contribution in [3.05, 3.63) is 68.8 Å². The van der Waals surface area contributed by atoms with Crippen LogP contribution in [0.25, 0.3) is 0 Å². The molecule has 2 heteroatoms. The van der Waals surface area contributed by atoms with Crippen molar-refractivity contribution in [3.8, 4) is 23.7 Å². The normalized spacial score (nSPS) is 75.7. The minimum atomic E-state index is -3.03. The third-order valence-electron chi connectivity index (χ3n) is 17.2. The number of benzene rings is 2. The van der Waals surface area contributed by atoms with E-state index < -0.39 is 6.51 Å². The molecule has 0 saturated carbocycles.